The first kappa shape index (κ1) is 13.8. The van der Waals surface area contributed by atoms with Crippen LogP contribution < -0.4 is 5.32 Å². The lowest BCUT2D eigenvalue weighted by Gasteiger charge is -2.14. The third-order valence-corrected chi connectivity index (χ3v) is 3.95. The lowest BCUT2D eigenvalue weighted by atomic mass is 10.1. The molecular formula is C15H20N6. The topological polar surface area (TPSA) is 60.0 Å². The molecule has 0 aliphatic carbocycles. The van der Waals surface area contributed by atoms with Gasteiger partial charge in [0.15, 0.2) is 11.5 Å². The fourth-order valence-corrected chi connectivity index (χ4v) is 2.77. The SMILES string of the molecule is Cc1nn(C)c(C)c1C(C)NCc1nnc2ccccn12. The van der Waals surface area contributed by atoms with Crippen LogP contribution in [-0.2, 0) is 13.6 Å². The van der Waals surface area contributed by atoms with Gasteiger partial charge in [0.1, 0.15) is 0 Å². The van der Waals surface area contributed by atoms with Crippen LogP contribution in [-0.4, -0.2) is 24.4 Å². The monoisotopic (exact) mass is 284 g/mol. The van der Waals surface area contributed by atoms with E-state index in [-0.39, 0.29) is 6.04 Å². The number of nitrogens with one attached hydrogen (secondary N) is 1. The Bertz CT molecular complexity index is 770. The molecule has 0 fully saturated rings. The van der Waals surface area contributed by atoms with Crippen molar-refractivity contribution in [2.75, 3.05) is 0 Å². The number of hydrogen-bond donors (Lipinski definition) is 1. The third kappa shape index (κ3) is 2.42. The second kappa shape index (κ2) is 5.29. The van der Waals surface area contributed by atoms with Gasteiger partial charge >= 0.3 is 0 Å². The number of hydrogen-bond acceptors (Lipinski definition) is 4. The Morgan fingerprint density at radius 1 is 1.24 bits per heavy atom. The first-order valence-corrected chi connectivity index (χ1v) is 7.10. The molecule has 0 aliphatic rings. The Hall–Kier alpha value is -2.21. The molecule has 110 valence electrons. The lowest BCUT2D eigenvalue weighted by molar-refractivity contribution is 0.551. The summed E-state index contributed by atoms with van der Waals surface area (Å²) in [5, 5.41) is 16.4. The van der Waals surface area contributed by atoms with Gasteiger partial charge in [0.05, 0.1) is 12.2 Å². The van der Waals surface area contributed by atoms with Gasteiger partial charge in [-0.25, -0.2) is 0 Å². The number of nitrogens with zero attached hydrogens (tertiary/aromatic N) is 5. The highest BCUT2D eigenvalue weighted by atomic mass is 15.3. The fourth-order valence-electron chi connectivity index (χ4n) is 2.77. The summed E-state index contributed by atoms with van der Waals surface area (Å²) in [7, 11) is 1.98. The van der Waals surface area contributed by atoms with Crippen molar-refractivity contribution >= 4 is 5.65 Å². The van der Waals surface area contributed by atoms with Crippen molar-refractivity contribution < 1.29 is 0 Å². The standard InChI is InChI=1S/C15H20N6/c1-10(15-11(2)19-20(4)12(15)3)16-9-14-18-17-13-7-5-6-8-21(13)14/h5-8,10,16H,9H2,1-4H3. The highest BCUT2D eigenvalue weighted by Crippen LogP contribution is 2.20. The van der Waals surface area contributed by atoms with Crippen LogP contribution in [0.2, 0.25) is 0 Å². The molecule has 0 aromatic carbocycles. The molecule has 0 radical (unpaired) electrons. The summed E-state index contributed by atoms with van der Waals surface area (Å²) in [5.74, 6) is 0.914. The van der Waals surface area contributed by atoms with Crippen molar-refractivity contribution in [3.63, 3.8) is 0 Å². The van der Waals surface area contributed by atoms with Crippen molar-refractivity contribution in [1.82, 2.24) is 29.7 Å². The van der Waals surface area contributed by atoms with Crippen LogP contribution in [0.4, 0.5) is 0 Å². The number of aryl methyl sites for hydroxylation is 2. The number of aromatic nitrogens is 5. The van der Waals surface area contributed by atoms with Crippen molar-refractivity contribution in [3.05, 3.63) is 47.2 Å². The minimum atomic E-state index is 0.217. The molecule has 6 nitrogen and oxygen atoms in total. The molecule has 0 aliphatic heterocycles. The highest BCUT2D eigenvalue weighted by molar-refractivity contribution is 5.37. The largest absolute Gasteiger partial charge is 0.303 e. The smallest absolute Gasteiger partial charge is 0.160 e. The van der Waals surface area contributed by atoms with Gasteiger partial charge < -0.3 is 5.32 Å². The molecule has 0 amide bonds. The van der Waals surface area contributed by atoms with Crippen LogP contribution in [0.1, 0.15) is 35.7 Å². The average Bonchev–Trinajstić information content (AvgIpc) is 2.98. The number of pyridine rings is 1. The summed E-state index contributed by atoms with van der Waals surface area (Å²) in [5.41, 5.74) is 4.39. The van der Waals surface area contributed by atoms with E-state index in [1.165, 1.54) is 11.3 Å². The third-order valence-electron chi connectivity index (χ3n) is 3.95. The Kier molecular flexibility index (Phi) is 3.47. The van der Waals surface area contributed by atoms with Crippen LogP contribution in [0.3, 0.4) is 0 Å². The highest BCUT2D eigenvalue weighted by Gasteiger charge is 2.16. The zero-order valence-corrected chi connectivity index (χ0v) is 12.8. The van der Waals surface area contributed by atoms with E-state index in [2.05, 4.69) is 34.5 Å². The van der Waals surface area contributed by atoms with E-state index in [0.29, 0.717) is 6.54 Å². The normalized spacial score (nSPS) is 13.0. The Balaban J connectivity index is 1.78. The summed E-state index contributed by atoms with van der Waals surface area (Å²) in [6.07, 6.45) is 1.98. The maximum absolute atomic E-state index is 4.47. The van der Waals surface area contributed by atoms with Crippen LogP contribution >= 0.6 is 0 Å². The van der Waals surface area contributed by atoms with Gasteiger partial charge in [-0.3, -0.25) is 9.08 Å². The first-order chi connectivity index (χ1) is 10.1. The van der Waals surface area contributed by atoms with E-state index in [1.54, 1.807) is 0 Å². The Morgan fingerprint density at radius 2 is 2.05 bits per heavy atom. The van der Waals surface area contributed by atoms with Gasteiger partial charge in [-0.1, -0.05) is 6.07 Å². The first-order valence-electron chi connectivity index (χ1n) is 7.10. The summed E-state index contributed by atoms with van der Waals surface area (Å²) >= 11 is 0. The van der Waals surface area contributed by atoms with E-state index in [9.17, 15) is 0 Å². The van der Waals surface area contributed by atoms with Gasteiger partial charge in [-0.05, 0) is 32.9 Å². The van der Waals surface area contributed by atoms with Crippen molar-refractivity contribution in [2.45, 2.75) is 33.4 Å². The van der Waals surface area contributed by atoms with Gasteiger partial charge in [0.25, 0.3) is 0 Å². The molecule has 0 bridgehead atoms. The van der Waals surface area contributed by atoms with Crippen LogP contribution in [0.25, 0.3) is 5.65 Å². The average molecular weight is 284 g/mol. The summed E-state index contributed by atoms with van der Waals surface area (Å²) in [6, 6.07) is 6.12. The maximum Gasteiger partial charge on any atom is 0.160 e. The van der Waals surface area contributed by atoms with Gasteiger partial charge in [-0.2, -0.15) is 5.10 Å². The summed E-state index contributed by atoms with van der Waals surface area (Å²) < 4.78 is 3.93. The molecule has 6 heteroatoms. The molecule has 0 spiro atoms. The van der Waals surface area contributed by atoms with E-state index in [0.717, 1.165) is 17.2 Å². The van der Waals surface area contributed by atoms with Crippen LogP contribution in [0, 0.1) is 13.8 Å². The Morgan fingerprint density at radius 3 is 2.76 bits per heavy atom. The van der Waals surface area contributed by atoms with Crippen molar-refractivity contribution in [3.8, 4) is 0 Å². The molecular weight excluding hydrogens is 264 g/mol. The maximum atomic E-state index is 4.47. The molecule has 21 heavy (non-hydrogen) atoms. The quantitative estimate of drug-likeness (QED) is 0.795. The van der Waals surface area contributed by atoms with Crippen LogP contribution in [0.5, 0.6) is 0 Å². The van der Waals surface area contributed by atoms with E-state index in [1.807, 2.05) is 47.4 Å². The fraction of sp³-hybridized carbons (Fsp3) is 0.400. The second-order valence-electron chi connectivity index (χ2n) is 5.36. The molecule has 3 rings (SSSR count). The number of fused-ring (bicyclic) bond motifs is 1. The summed E-state index contributed by atoms with van der Waals surface area (Å²) in [4.78, 5) is 0. The van der Waals surface area contributed by atoms with Gasteiger partial charge in [0.2, 0.25) is 0 Å². The molecule has 3 aromatic heterocycles. The van der Waals surface area contributed by atoms with E-state index >= 15 is 0 Å². The molecule has 3 aromatic rings. The molecule has 1 atom stereocenters. The van der Waals surface area contributed by atoms with Crippen LogP contribution in [0.15, 0.2) is 24.4 Å². The molecule has 0 saturated heterocycles. The minimum absolute atomic E-state index is 0.217. The molecule has 3 heterocycles. The second-order valence-corrected chi connectivity index (χ2v) is 5.36. The number of rotatable bonds is 4. The van der Waals surface area contributed by atoms with Gasteiger partial charge in [0, 0.05) is 30.5 Å². The lowest BCUT2D eigenvalue weighted by Crippen LogP contribution is -2.20. The molecule has 1 unspecified atom stereocenters. The minimum Gasteiger partial charge on any atom is -0.303 e. The van der Waals surface area contributed by atoms with Crippen molar-refractivity contribution in [1.29, 1.82) is 0 Å². The zero-order valence-electron chi connectivity index (χ0n) is 12.8. The zero-order chi connectivity index (χ0) is 15.0. The molecule has 0 saturated carbocycles. The van der Waals surface area contributed by atoms with Crippen molar-refractivity contribution in [2.24, 2.45) is 7.05 Å². The summed E-state index contributed by atoms with van der Waals surface area (Å²) in [6.45, 7) is 6.97. The molecule has 1 N–H and O–H groups in total. The predicted molar refractivity (Wildman–Crippen MR) is 80.9 cm³/mol. The van der Waals surface area contributed by atoms with E-state index in [4.69, 9.17) is 0 Å². The van der Waals surface area contributed by atoms with Gasteiger partial charge in [-0.15, -0.1) is 10.2 Å². The predicted octanol–water partition coefficient (Wildman–Crippen LogP) is 1.93. The Labute approximate surface area is 123 Å². The van der Waals surface area contributed by atoms with E-state index < -0.39 is 0 Å².